The second kappa shape index (κ2) is 30.3. The number of para-hydroxylation sites is 1. The van der Waals surface area contributed by atoms with E-state index in [1.165, 1.54) is 51.0 Å². The van der Waals surface area contributed by atoms with Crippen molar-refractivity contribution in [3.63, 3.8) is 0 Å². The van der Waals surface area contributed by atoms with Gasteiger partial charge in [-0.1, -0.05) is 98.4 Å². The summed E-state index contributed by atoms with van der Waals surface area (Å²) in [4.78, 5) is 92.5. The SMILES string of the molecule is C=C(OC)c1nc(-c2ccccn2)[nH]c(=O)c1O.CCC1(c2ccc(-c3nc(-c4ccccn4)[nH]c(=O)c3Oc3ccccc3)cc2)CC1.COc1c(Oc2cccc(C(F)(F)F)c2)nc(-c2ccccn2)[nH]c1=O.Cc1cccc(Oc2nc(-c3ccccn3)[nH]c(=O)c2O)c1. The van der Waals surface area contributed by atoms with E-state index in [4.69, 9.17) is 28.7 Å². The summed E-state index contributed by atoms with van der Waals surface area (Å²) < 4.78 is 65.3. The van der Waals surface area contributed by atoms with Crippen LogP contribution in [0.25, 0.3) is 63.1 Å². The Morgan fingerprint density at radius 2 is 0.979 bits per heavy atom. The van der Waals surface area contributed by atoms with E-state index in [-0.39, 0.29) is 63.5 Å². The van der Waals surface area contributed by atoms with Crippen LogP contribution in [0.1, 0.15) is 48.6 Å². The van der Waals surface area contributed by atoms with Gasteiger partial charge in [0, 0.05) is 30.4 Å². The molecular weight excluding hydrogens is 1250 g/mol. The van der Waals surface area contributed by atoms with Crippen molar-refractivity contribution in [2.24, 2.45) is 0 Å². The van der Waals surface area contributed by atoms with Gasteiger partial charge in [0.2, 0.25) is 23.0 Å². The summed E-state index contributed by atoms with van der Waals surface area (Å²) in [6.07, 6.45) is 5.43. The highest BCUT2D eigenvalue weighted by Gasteiger charge is 2.42. The van der Waals surface area contributed by atoms with Crippen LogP contribution >= 0.6 is 0 Å². The topological polar surface area (TPSA) is 321 Å². The minimum absolute atomic E-state index is 0.00176. The molecule has 8 heterocycles. The molecule has 1 saturated carbocycles. The van der Waals surface area contributed by atoms with Crippen molar-refractivity contribution in [1.29, 1.82) is 0 Å². The lowest BCUT2D eigenvalue weighted by molar-refractivity contribution is -0.137. The smallest absolute Gasteiger partial charge is 0.416 e. The van der Waals surface area contributed by atoms with Gasteiger partial charge in [-0.15, -0.1) is 0 Å². The first-order chi connectivity index (χ1) is 46.8. The third kappa shape index (κ3) is 16.7. The number of benzene rings is 4. The lowest BCUT2D eigenvalue weighted by Gasteiger charge is -2.15. The van der Waals surface area contributed by atoms with E-state index in [1.807, 2.05) is 79.7 Å². The number of ether oxygens (including phenoxy) is 5. The van der Waals surface area contributed by atoms with Gasteiger partial charge in [-0.3, -0.25) is 39.1 Å². The quantitative estimate of drug-likeness (QED) is 0.0490. The molecule has 1 aliphatic rings. The number of hydrogen-bond acceptors (Lipinski definition) is 19. The fourth-order valence-electron chi connectivity index (χ4n) is 9.44. The summed E-state index contributed by atoms with van der Waals surface area (Å²) in [7, 11) is 2.61. The number of aromatic hydroxyl groups is 2. The zero-order valence-electron chi connectivity index (χ0n) is 52.2. The van der Waals surface area contributed by atoms with Crippen LogP contribution in [0, 0.1) is 6.92 Å². The van der Waals surface area contributed by atoms with Crippen LogP contribution in [0.4, 0.5) is 13.2 Å². The molecule has 1 fully saturated rings. The Morgan fingerprint density at radius 1 is 0.515 bits per heavy atom. The standard InChI is InChI=1S/C26H23N3O2.C17H12F3N3O3.C16H13N3O3.C12H11N3O3/c1-2-26(15-16-26)19-13-11-18(12-14-19)22-23(31-20-8-4-3-5-9-20)25(30)29-24(28-22)21-10-6-7-17-27-21;1-25-13-15(24)22-14(12-7-2-3-8-21-12)23-16(13)26-11-6-4-5-10(9-11)17(18,19)20;1-10-5-4-6-11(9-10)22-16-13(20)15(21)18-14(19-16)12-7-2-3-8-17-12;1-7(18-2)9-10(16)12(17)15-11(14-9)8-5-3-4-6-13-8/h3-14,17H,2,15-16H2,1H3,(H,28,29,30);2-9H,1H3,(H,22,23,24);2-9,20H,1H3,(H,18,19,21);3-6,16H,1H2,2H3,(H,14,15,17). The monoisotopic (exact) mass is 1310 g/mol. The molecular formula is C71H59F3N12O11. The van der Waals surface area contributed by atoms with E-state index in [0.29, 0.717) is 51.2 Å². The first kappa shape index (κ1) is 67.0. The van der Waals surface area contributed by atoms with Gasteiger partial charge in [0.15, 0.2) is 29.0 Å². The van der Waals surface area contributed by atoms with Crippen LogP contribution in [-0.4, -0.2) is 84.2 Å². The maximum absolute atomic E-state index is 13.0. The average Bonchev–Trinajstić information content (AvgIpc) is 1.75. The van der Waals surface area contributed by atoms with Crippen molar-refractivity contribution in [2.45, 2.75) is 44.7 Å². The van der Waals surface area contributed by atoms with Crippen LogP contribution in [0.2, 0.25) is 0 Å². The molecule has 23 nitrogen and oxygen atoms in total. The number of halogens is 3. The molecule has 490 valence electrons. The lowest BCUT2D eigenvalue weighted by atomic mass is 9.92. The van der Waals surface area contributed by atoms with Gasteiger partial charge in [0.05, 0.1) is 19.8 Å². The minimum atomic E-state index is -4.52. The second-order valence-electron chi connectivity index (χ2n) is 21.2. The van der Waals surface area contributed by atoms with E-state index in [0.717, 1.165) is 29.7 Å². The van der Waals surface area contributed by atoms with Gasteiger partial charge in [0.25, 0.3) is 34.0 Å². The highest BCUT2D eigenvalue weighted by Crippen LogP contribution is 2.51. The molecule has 13 rings (SSSR count). The average molecular weight is 1310 g/mol. The van der Waals surface area contributed by atoms with Crippen LogP contribution in [0.3, 0.4) is 0 Å². The maximum atomic E-state index is 13.0. The highest BCUT2D eigenvalue weighted by atomic mass is 19.4. The lowest BCUT2D eigenvalue weighted by Crippen LogP contribution is -2.14. The summed E-state index contributed by atoms with van der Waals surface area (Å²) in [6, 6.07) is 50.0. The summed E-state index contributed by atoms with van der Waals surface area (Å²) in [5, 5.41) is 19.5. The van der Waals surface area contributed by atoms with Crippen LogP contribution in [0.15, 0.2) is 226 Å². The van der Waals surface area contributed by atoms with E-state index >= 15 is 0 Å². The van der Waals surface area contributed by atoms with E-state index in [1.54, 1.807) is 85.3 Å². The van der Waals surface area contributed by atoms with Crippen molar-refractivity contribution < 1.29 is 47.1 Å². The number of alkyl halides is 3. The Kier molecular flexibility index (Phi) is 20.9. The number of nitrogens with zero attached hydrogens (tertiary/aromatic N) is 8. The summed E-state index contributed by atoms with van der Waals surface area (Å²) >= 11 is 0. The molecule has 0 aliphatic heterocycles. The fraction of sp³-hybridized carbons (Fsp3) is 0.127. The Labute approximate surface area is 549 Å². The summed E-state index contributed by atoms with van der Waals surface area (Å²) in [5.74, 6) is 0.417. The molecule has 0 atom stereocenters. The van der Waals surface area contributed by atoms with Gasteiger partial charge >= 0.3 is 6.18 Å². The number of aromatic nitrogens is 12. The zero-order chi connectivity index (χ0) is 68.6. The molecule has 0 amide bonds. The number of rotatable bonds is 16. The van der Waals surface area contributed by atoms with Crippen molar-refractivity contribution in [3.05, 3.63) is 271 Å². The van der Waals surface area contributed by atoms with Gasteiger partial charge in [-0.05, 0) is 134 Å². The van der Waals surface area contributed by atoms with Crippen LogP contribution < -0.4 is 41.2 Å². The Morgan fingerprint density at radius 3 is 1.47 bits per heavy atom. The predicted molar refractivity (Wildman–Crippen MR) is 354 cm³/mol. The van der Waals surface area contributed by atoms with Gasteiger partial charge in [0.1, 0.15) is 51.5 Å². The zero-order valence-corrected chi connectivity index (χ0v) is 52.2. The Hall–Kier alpha value is -12.9. The maximum Gasteiger partial charge on any atom is 0.416 e. The van der Waals surface area contributed by atoms with Gasteiger partial charge < -0.3 is 53.8 Å². The summed E-state index contributed by atoms with van der Waals surface area (Å²) in [5.41, 5.74) is 2.71. The number of hydrogen-bond donors (Lipinski definition) is 6. The van der Waals surface area contributed by atoms with Crippen LogP contribution in [0.5, 0.6) is 52.0 Å². The molecule has 0 saturated heterocycles. The molecule has 8 aromatic heterocycles. The number of nitrogens with one attached hydrogen (secondary N) is 4. The van der Waals surface area contributed by atoms with Gasteiger partial charge in [-0.2, -0.15) is 23.1 Å². The molecule has 0 bridgehead atoms. The fourth-order valence-corrected chi connectivity index (χ4v) is 9.44. The van der Waals surface area contributed by atoms with Crippen molar-refractivity contribution >= 4 is 5.76 Å². The number of pyridine rings is 4. The summed E-state index contributed by atoms with van der Waals surface area (Å²) in [6.45, 7) is 7.72. The molecule has 1 aliphatic carbocycles. The predicted octanol–water partition coefficient (Wildman–Crippen LogP) is 13.2. The highest BCUT2D eigenvalue weighted by molar-refractivity contribution is 5.69. The van der Waals surface area contributed by atoms with E-state index in [9.17, 15) is 42.6 Å². The normalized spacial score (nSPS) is 11.8. The van der Waals surface area contributed by atoms with Crippen molar-refractivity contribution in [1.82, 2.24) is 59.8 Å². The van der Waals surface area contributed by atoms with E-state index < -0.39 is 39.9 Å². The molecule has 0 unspecified atom stereocenters. The van der Waals surface area contributed by atoms with Crippen molar-refractivity contribution in [2.75, 3.05) is 14.2 Å². The third-order valence-electron chi connectivity index (χ3n) is 14.7. The number of H-pyrrole nitrogens is 4. The first-order valence-electron chi connectivity index (χ1n) is 29.6. The molecule has 0 spiro atoms. The largest absolute Gasteiger partial charge is 0.501 e. The van der Waals surface area contributed by atoms with Crippen LogP contribution in [-0.2, 0) is 16.3 Å². The molecule has 26 heteroatoms. The first-order valence-corrected chi connectivity index (χ1v) is 29.6. The number of aryl methyl sites for hydroxylation is 1. The second-order valence-corrected chi connectivity index (χ2v) is 21.2. The van der Waals surface area contributed by atoms with E-state index in [2.05, 4.69) is 80.5 Å². The Balaban J connectivity index is 0.000000143. The number of methoxy groups -OCH3 is 2. The molecule has 12 aromatic rings. The van der Waals surface area contributed by atoms with Crippen molar-refractivity contribution in [3.8, 4) is 109 Å². The molecule has 97 heavy (non-hydrogen) atoms. The molecule has 6 N–H and O–H groups in total. The Bertz CT molecular complexity index is 4950. The minimum Gasteiger partial charge on any atom is -0.501 e. The molecule has 0 radical (unpaired) electrons. The number of aromatic amines is 4. The van der Waals surface area contributed by atoms with Gasteiger partial charge in [-0.25, -0.2) is 9.97 Å². The third-order valence-corrected chi connectivity index (χ3v) is 14.7. The molecule has 4 aromatic carbocycles.